The number of carbonyl (C=O) groups excluding carboxylic acids is 3. The molecule has 0 aliphatic carbocycles. The lowest BCUT2D eigenvalue weighted by molar-refractivity contribution is -0.166. The first kappa shape index (κ1) is 60.8. The fraction of sp³-hybridized carbons (Fsp3) is 0.610. The third-order valence-corrected chi connectivity index (χ3v) is 10.5. The summed E-state index contributed by atoms with van der Waals surface area (Å²) in [6, 6.07) is 0. The van der Waals surface area contributed by atoms with Crippen LogP contribution in [0.1, 0.15) is 213 Å². The van der Waals surface area contributed by atoms with Gasteiger partial charge in [-0.1, -0.05) is 232 Å². The average Bonchev–Trinajstić information content (AvgIpc) is 3.30. The van der Waals surface area contributed by atoms with Crippen molar-refractivity contribution < 1.29 is 28.6 Å². The molecule has 65 heavy (non-hydrogen) atoms. The van der Waals surface area contributed by atoms with Crippen LogP contribution in [0, 0.1) is 0 Å². The summed E-state index contributed by atoms with van der Waals surface area (Å²) < 4.78 is 16.6. The summed E-state index contributed by atoms with van der Waals surface area (Å²) in [6.45, 7) is 6.27. The van der Waals surface area contributed by atoms with Gasteiger partial charge in [0, 0.05) is 12.8 Å². The van der Waals surface area contributed by atoms with Crippen LogP contribution in [0.2, 0.25) is 0 Å². The number of hydrogen-bond acceptors (Lipinski definition) is 6. The first-order valence-corrected chi connectivity index (χ1v) is 26.0. The molecule has 0 saturated heterocycles. The Kier molecular flexibility index (Phi) is 49.1. The molecule has 0 aromatic heterocycles. The third kappa shape index (κ3) is 50.7. The maximum Gasteiger partial charge on any atom is 0.310 e. The molecule has 0 rings (SSSR count). The van der Waals surface area contributed by atoms with Crippen LogP contribution in [0.25, 0.3) is 0 Å². The van der Waals surface area contributed by atoms with E-state index in [1.165, 1.54) is 77.0 Å². The Labute approximate surface area is 399 Å². The Bertz CT molecular complexity index is 1400. The first-order valence-electron chi connectivity index (χ1n) is 26.0. The van der Waals surface area contributed by atoms with E-state index >= 15 is 0 Å². The molecule has 0 spiro atoms. The van der Waals surface area contributed by atoms with Crippen molar-refractivity contribution in [2.45, 2.75) is 219 Å². The van der Waals surface area contributed by atoms with Crippen molar-refractivity contribution in [1.29, 1.82) is 0 Å². The molecular formula is C59H94O6. The van der Waals surface area contributed by atoms with E-state index in [4.69, 9.17) is 14.2 Å². The molecule has 1 unspecified atom stereocenters. The molecule has 0 aliphatic rings. The van der Waals surface area contributed by atoms with Crippen LogP contribution in [0.4, 0.5) is 0 Å². The van der Waals surface area contributed by atoms with Gasteiger partial charge in [-0.05, 0) is 83.5 Å². The molecule has 6 nitrogen and oxygen atoms in total. The zero-order valence-corrected chi connectivity index (χ0v) is 41.7. The monoisotopic (exact) mass is 899 g/mol. The molecule has 366 valence electrons. The van der Waals surface area contributed by atoms with Crippen LogP contribution in [-0.2, 0) is 28.6 Å². The summed E-state index contributed by atoms with van der Waals surface area (Å²) >= 11 is 0. The Morgan fingerprint density at radius 3 is 1.02 bits per heavy atom. The quantitative estimate of drug-likeness (QED) is 0.0262. The van der Waals surface area contributed by atoms with Gasteiger partial charge in [-0.25, -0.2) is 0 Å². The lowest BCUT2D eigenvalue weighted by atomic mass is 10.0. The zero-order chi connectivity index (χ0) is 47.2. The lowest BCUT2D eigenvalue weighted by Gasteiger charge is -2.18. The number of carbonyl (C=O) groups is 3. The van der Waals surface area contributed by atoms with E-state index in [0.717, 1.165) is 83.5 Å². The molecule has 0 aromatic carbocycles. The summed E-state index contributed by atoms with van der Waals surface area (Å²) in [4.78, 5) is 37.9. The molecule has 1 atom stereocenters. The molecule has 0 fully saturated rings. The van der Waals surface area contributed by atoms with Crippen LogP contribution < -0.4 is 0 Å². The number of unbranched alkanes of at least 4 members (excludes halogenated alkanes) is 15. The van der Waals surface area contributed by atoms with Crippen molar-refractivity contribution in [2.24, 2.45) is 0 Å². The minimum absolute atomic E-state index is 0.0816. The predicted octanol–water partition coefficient (Wildman–Crippen LogP) is 17.3. The second-order valence-electron chi connectivity index (χ2n) is 16.7. The normalized spacial score (nSPS) is 13.1. The Morgan fingerprint density at radius 2 is 0.646 bits per heavy atom. The zero-order valence-electron chi connectivity index (χ0n) is 41.7. The number of hydrogen-bond donors (Lipinski definition) is 0. The van der Waals surface area contributed by atoms with Crippen LogP contribution in [-0.4, -0.2) is 37.2 Å². The van der Waals surface area contributed by atoms with Gasteiger partial charge in [0.2, 0.25) is 0 Å². The van der Waals surface area contributed by atoms with Crippen molar-refractivity contribution in [3.63, 3.8) is 0 Å². The van der Waals surface area contributed by atoms with E-state index in [1.807, 2.05) is 6.08 Å². The van der Waals surface area contributed by atoms with Gasteiger partial charge in [0.15, 0.2) is 6.10 Å². The minimum Gasteiger partial charge on any atom is -0.462 e. The second kappa shape index (κ2) is 52.4. The summed E-state index contributed by atoms with van der Waals surface area (Å²) in [7, 11) is 0. The summed E-state index contributed by atoms with van der Waals surface area (Å²) in [5, 5.41) is 0. The minimum atomic E-state index is -0.856. The van der Waals surface area contributed by atoms with E-state index in [9.17, 15) is 14.4 Å². The van der Waals surface area contributed by atoms with E-state index in [1.54, 1.807) is 6.08 Å². The molecule has 0 heterocycles. The van der Waals surface area contributed by atoms with Crippen molar-refractivity contribution in [3.8, 4) is 0 Å². The lowest BCUT2D eigenvalue weighted by Crippen LogP contribution is -2.30. The highest BCUT2D eigenvalue weighted by atomic mass is 16.6. The van der Waals surface area contributed by atoms with Gasteiger partial charge >= 0.3 is 17.9 Å². The van der Waals surface area contributed by atoms with Gasteiger partial charge < -0.3 is 14.2 Å². The number of esters is 3. The van der Waals surface area contributed by atoms with Crippen molar-refractivity contribution in [2.75, 3.05) is 13.2 Å². The average molecular weight is 899 g/mol. The highest BCUT2D eigenvalue weighted by Gasteiger charge is 2.19. The van der Waals surface area contributed by atoms with Crippen LogP contribution in [0.15, 0.2) is 122 Å². The first-order chi connectivity index (χ1) is 32.0. The van der Waals surface area contributed by atoms with Crippen LogP contribution >= 0.6 is 0 Å². The molecule has 0 aliphatic heterocycles. The van der Waals surface area contributed by atoms with Gasteiger partial charge in [0.1, 0.15) is 13.2 Å². The number of ether oxygens (including phenoxy) is 3. The largest absolute Gasteiger partial charge is 0.462 e. The summed E-state index contributed by atoms with van der Waals surface area (Å²) in [5.74, 6) is -1.13. The van der Waals surface area contributed by atoms with E-state index in [2.05, 4.69) is 130 Å². The van der Waals surface area contributed by atoms with Gasteiger partial charge in [-0.3, -0.25) is 14.4 Å². The summed E-state index contributed by atoms with van der Waals surface area (Å²) in [5.41, 5.74) is 0. The van der Waals surface area contributed by atoms with E-state index in [-0.39, 0.29) is 38.0 Å². The Morgan fingerprint density at radius 1 is 0.338 bits per heavy atom. The number of rotatable bonds is 45. The number of allylic oxidation sites excluding steroid dienone is 19. The third-order valence-electron chi connectivity index (χ3n) is 10.5. The van der Waals surface area contributed by atoms with E-state index in [0.29, 0.717) is 19.3 Å². The van der Waals surface area contributed by atoms with Crippen LogP contribution in [0.5, 0.6) is 0 Å². The van der Waals surface area contributed by atoms with Crippen molar-refractivity contribution in [3.05, 3.63) is 122 Å². The van der Waals surface area contributed by atoms with Gasteiger partial charge in [0.25, 0.3) is 0 Å². The Hall–Kier alpha value is -4.19. The molecule has 0 radical (unpaired) electrons. The predicted molar refractivity (Wildman–Crippen MR) is 279 cm³/mol. The maximum absolute atomic E-state index is 12.7. The molecule has 0 saturated carbocycles. The SMILES string of the molecule is CC/C=C\C/C=C\C/C=C\C/C=C\C/C=C\CCCC(=O)OCC(COC(=O)CCCCCCCCCCCCCCCCC)OC(=O)C/C=C\C/C=C\C/C=C\C/C=C\C/C=C\CC. The Balaban J connectivity index is 4.60. The fourth-order valence-electron chi connectivity index (χ4n) is 6.67. The highest BCUT2D eigenvalue weighted by Crippen LogP contribution is 2.14. The molecule has 0 amide bonds. The van der Waals surface area contributed by atoms with Crippen LogP contribution in [0.3, 0.4) is 0 Å². The van der Waals surface area contributed by atoms with Crippen molar-refractivity contribution in [1.82, 2.24) is 0 Å². The molecule has 6 heteroatoms. The smallest absolute Gasteiger partial charge is 0.310 e. The van der Waals surface area contributed by atoms with E-state index < -0.39 is 12.1 Å². The standard InChI is InChI=1S/C59H94O6/c1-4-7-10-13-16-19-22-25-28-29-32-34-37-40-43-46-49-52-58(61)64-55-56(65-59(62)53-50-47-44-41-38-35-31-27-24-21-18-15-12-9-6-3)54-63-57(60)51-48-45-42-39-36-33-30-26-23-20-17-14-11-8-5-2/h7,9-10,12,16,18-19,21,25,27-28,31-32,34,38,40-41,43,47,50,56H,4-6,8,11,13-15,17,20,22-24,26,29-30,33,35-37,39,42,44-46,48-49,51-55H2,1-3H3/b10-7-,12-9-,19-16-,21-18-,28-25-,31-27-,34-32-,41-38-,43-40-,50-47-. The summed E-state index contributed by atoms with van der Waals surface area (Å²) in [6.07, 6.45) is 72.1. The maximum atomic E-state index is 12.7. The molecule has 0 aromatic rings. The van der Waals surface area contributed by atoms with Gasteiger partial charge in [-0.15, -0.1) is 0 Å². The van der Waals surface area contributed by atoms with Gasteiger partial charge in [-0.2, -0.15) is 0 Å². The highest BCUT2D eigenvalue weighted by molar-refractivity contribution is 5.72. The molecule has 0 bridgehead atoms. The second-order valence-corrected chi connectivity index (χ2v) is 16.7. The molecule has 0 N–H and O–H groups in total. The molecular weight excluding hydrogens is 805 g/mol. The van der Waals surface area contributed by atoms with Crippen molar-refractivity contribution >= 4 is 17.9 Å². The topological polar surface area (TPSA) is 78.9 Å². The van der Waals surface area contributed by atoms with Gasteiger partial charge in [0.05, 0.1) is 6.42 Å². The fourth-order valence-corrected chi connectivity index (χ4v) is 6.67.